The highest BCUT2D eigenvalue weighted by atomic mass is 16.6. The number of nitro groups is 2. The Morgan fingerprint density at radius 1 is 0.958 bits per heavy atom. The summed E-state index contributed by atoms with van der Waals surface area (Å²) in [6.07, 6.45) is -0.799. The Balaban J connectivity index is 0.000000240. The topological polar surface area (TPSA) is 124 Å². The quantitative estimate of drug-likeness (QED) is 0.519. The third-order valence-electron chi connectivity index (χ3n) is 3.06. The highest BCUT2D eigenvalue weighted by Gasteiger charge is 2.15. The average Bonchev–Trinajstić information content (AvgIpc) is 2.55. The van der Waals surface area contributed by atoms with Gasteiger partial charge in [-0.25, -0.2) is 0 Å². The summed E-state index contributed by atoms with van der Waals surface area (Å²) >= 11 is 0. The number of carbonyl (C=O) groups is 1. The number of aliphatic hydroxyl groups is 1. The molecule has 24 heavy (non-hydrogen) atoms. The van der Waals surface area contributed by atoms with Crippen molar-refractivity contribution >= 4 is 17.2 Å². The van der Waals surface area contributed by atoms with Crippen molar-refractivity contribution in [2.45, 2.75) is 20.0 Å². The van der Waals surface area contributed by atoms with E-state index >= 15 is 0 Å². The number of aliphatic hydroxyl groups excluding tert-OH is 1. The molecular formula is C16H16N2O6. The van der Waals surface area contributed by atoms with Crippen LogP contribution in [-0.2, 0) is 0 Å². The van der Waals surface area contributed by atoms with E-state index in [4.69, 9.17) is 5.11 Å². The van der Waals surface area contributed by atoms with E-state index in [1.165, 1.54) is 38.1 Å². The number of rotatable bonds is 4. The molecule has 0 saturated heterocycles. The minimum Gasteiger partial charge on any atom is -0.388 e. The molecule has 2 rings (SSSR count). The summed E-state index contributed by atoms with van der Waals surface area (Å²) in [5.74, 6) is -0.290. The lowest BCUT2D eigenvalue weighted by atomic mass is 10.1. The summed E-state index contributed by atoms with van der Waals surface area (Å²) in [6.45, 7) is 2.81. The van der Waals surface area contributed by atoms with Gasteiger partial charge in [0.2, 0.25) is 0 Å². The van der Waals surface area contributed by atoms with Crippen molar-refractivity contribution in [1.29, 1.82) is 0 Å². The van der Waals surface area contributed by atoms with Gasteiger partial charge >= 0.3 is 0 Å². The smallest absolute Gasteiger partial charge is 0.280 e. The van der Waals surface area contributed by atoms with Crippen LogP contribution in [0.3, 0.4) is 0 Å². The maximum Gasteiger partial charge on any atom is 0.280 e. The van der Waals surface area contributed by atoms with Gasteiger partial charge in [0.1, 0.15) is 0 Å². The van der Waals surface area contributed by atoms with Crippen LogP contribution in [0.15, 0.2) is 48.5 Å². The first-order chi connectivity index (χ1) is 11.3. The van der Waals surface area contributed by atoms with Crippen LogP contribution in [0.25, 0.3) is 0 Å². The molecule has 1 unspecified atom stereocenters. The normalized spacial score (nSPS) is 11.0. The van der Waals surface area contributed by atoms with Gasteiger partial charge in [-0.05, 0) is 26.0 Å². The molecule has 0 heterocycles. The van der Waals surface area contributed by atoms with Crippen LogP contribution in [0.1, 0.15) is 35.9 Å². The van der Waals surface area contributed by atoms with Crippen LogP contribution in [0.5, 0.6) is 0 Å². The molecule has 1 N–H and O–H groups in total. The Bertz CT molecular complexity index is 725. The molecule has 0 bridgehead atoms. The van der Waals surface area contributed by atoms with Gasteiger partial charge in [-0.3, -0.25) is 25.0 Å². The van der Waals surface area contributed by atoms with E-state index < -0.39 is 16.0 Å². The molecule has 8 nitrogen and oxygen atoms in total. The number of hydrogen-bond acceptors (Lipinski definition) is 6. The van der Waals surface area contributed by atoms with Gasteiger partial charge in [0, 0.05) is 12.1 Å². The number of hydrogen-bond donors (Lipinski definition) is 1. The molecule has 2 aromatic carbocycles. The molecule has 0 radical (unpaired) electrons. The number of nitrogens with zero attached hydrogens (tertiary/aromatic N) is 2. The van der Waals surface area contributed by atoms with Gasteiger partial charge in [0.05, 0.1) is 27.1 Å². The summed E-state index contributed by atoms with van der Waals surface area (Å²) in [5.41, 5.74) is 0.336. The SMILES string of the molecule is CC(=O)c1ccccc1[N+](=O)[O-].CC(O)c1ccccc1[N+](=O)[O-]. The first kappa shape index (κ1) is 18.9. The van der Waals surface area contributed by atoms with E-state index in [2.05, 4.69) is 0 Å². The molecule has 1 atom stereocenters. The van der Waals surface area contributed by atoms with E-state index in [0.717, 1.165) is 0 Å². The lowest BCUT2D eigenvalue weighted by molar-refractivity contribution is -0.386. The Hall–Kier alpha value is -3.13. The Morgan fingerprint density at radius 2 is 1.42 bits per heavy atom. The lowest BCUT2D eigenvalue weighted by Gasteiger charge is -2.03. The summed E-state index contributed by atoms with van der Waals surface area (Å²) in [7, 11) is 0. The van der Waals surface area contributed by atoms with Crippen LogP contribution < -0.4 is 0 Å². The lowest BCUT2D eigenvalue weighted by Crippen LogP contribution is -1.98. The zero-order valence-electron chi connectivity index (χ0n) is 13.1. The largest absolute Gasteiger partial charge is 0.388 e. The summed E-state index contributed by atoms with van der Waals surface area (Å²) < 4.78 is 0. The van der Waals surface area contributed by atoms with Crippen molar-refractivity contribution < 1.29 is 19.7 Å². The van der Waals surface area contributed by atoms with E-state index in [-0.39, 0.29) is 22.7 Å². The van der Waals surface area contributed by atoms with Gasteiger partial charge in [-0.2, -0.15) is 0 Å². The summed E-state index contributed by atoms with van der Waals surface area (Å²) in [6, 6.07) is 12.1. The first-order valence-electron chi connectivity index (χ1n) is 6.91. The molecule has 8 heteroatoms. The van der Waals surface area contributed by atoms with Crippen molar-refractivity contribution in [3.63, 3.8) is 0 Å². The van der Waals surface area contributed by atoms with Gasteiger partial charge in [0.25, 0.3) is 11.4 Å². The second-order valence-corrected chi connectivity index (χ2v) is 4.82. The average molecular weight is 332 g/mol. The Labute approximate surface area is 137 Å². The highest BCUT2D eigenvalue weighted by molar-refractivity contribution is 5.97. The van der Waals surface area contributed by atoms with Crippen LogP contribution in [0.2, 0.25) is 0 Å². The van der Waals surface area contributed by atoms with Crippen LogP contribution in [0.4, 0.5) is 11.4 Å². The van der Waals surface area contributed by atoms with Crippen LogP contribution >= 0.6 is 0 Å². The number of carbonyl (C=O) groups excluding carboxylic acids is 1. The number of ketones is 1. The number of benzene rings is 2. The highest BCUT2D eigenvalue weighted by Crippen LogP contribution is 2.23. The molecule has 0 aliphatic heterocycles. The Kier molecular flexibility index (Phi) is 6.69. The molecule has 0 spiro atoms. The van der Waals surface area contributed by atoms with E-state index in [9.17, 15) is 25.0 Å². The standard InChI is InChI=1S/C8H9NO3.C8H7NO3/c2*1-6(10)7-4-2-3-5-8(7)9(11)12/h2-6,10H,1H3;2-5H,1H3. The van der Waals surface area contributed by atoms with Crippen molar-refractivity contribution in [3.8, 4) is 0 Å². The molecule has 0 aromatic heterocycles. The second-order valence-electron chi connectivity index (χ2n) is 4.82. The molecular weight excluding hydrogens is 316 g/mol. The minimum absolute atomic E-state index is 0.0347. The second kappa shape index (κ2) is 8.49. The monoisotopic (exact) mass is 332 g/mol. The zero-order chi connectivity index (χ0) is 18.3. The number of Topliss-reactive ketones (excluding diaryl/α,β-unsaturated/α-hetero) is 1. The van der Waals surface area contributed by atoms with Crippen molar-refractivity contribution in [1.82, 2.24) is 0 Å². The van der Waals surface area contributed by atoms with Gasteiger partial charge in [-0.1, -0.05) is 24.3 Å². The van der Waals surface area contributed by atoms with E-state index in [0.29, 0.717) is 5.56 Å². The summed E-state index contributed by atoms with van der Waals surface area (Å²) in [5, 5.41) is 29.9. The van der Waals surface area contributed by atoms with Crippen molar-refractivity contribution in [3.05, 3.63) is 79.9 Å². The fraction of sp³-hybridized carbons (Fsp3) is 0.188. The maximum atomic E-state index is 10.9. The van der Waals surface area contributed by atoms with Gasteiger partial charge < -0.3 is 5.11 Å². The number of para-hydroxylation sites is 2. The minimum atomic E-state index is -0.799. The molecule has 0 amide bonds. The van der Waals surface area contributed by atoms with Crippen molar-refractivity contribution in [2.24, 2.45) is 0 Å². The molecule has 0 aliphatic carbocycles. The van der Waals surface area contributed by atoms with Crippen LogP contribution in [0, 0.1) is 20.2 Å². The summed E-state index contributed by atoms with van der Waals surface area (Å²) in [4.78, 5) is 30.6. The molecule has 0 fully saturated rings. The predicted octanol–water partition coefficient (Wildman–Crippen LogP) is 3.45. The third kappa shape index (κ3) is 4.96. The van der Waals surface area contributed by atoms with Crippen molar-refractivity contribution in [2.75, 3.05) is 0 Å². The first-order valence-corrected chi connectivity index (χ1v) is 6.91. The number of nitro benzene ring substituents is 2. The zero-order valence-corrected chi connectivity index (χ0v) is 13.1. The molecule has 0 saturated carbocycles. The third-order valence-corrected chi connectivity index (χ3v) is 3.06. The van der Waals surface area contributed by atoms with E-state index in [1.54, 1.807) is 24.3 Å². The molecule has 0 aliphatic rings. The Morgan fingerprint density at radius 3 is 1.79 bits per heavy atom. The van der Waals surface area contributed by atoms with Crippen LogP contribution in [-0.4, -0.2) is 20.7 Å². The van der Waals surface area contributed by atoms with E-state index in [1.807, 2.05) is 0 Å². The fourth-order valence-corrected chi connectivity index (χ4v) is 1.94. The maximum absolute atomic E-state index is 10.9. The molecule has 126 valence electrons. The van der Waals surface area contributed by atoms with Gasteiger partial charge in [0.15, 0.2) is 5.78 Å². The van der Waals surface area contributed by atoms with Gasteiger partial charge in [-0.15, -0.1) is 0 Å². The fourth-order valence-electron chi connectivity index (χ4n) is 1.94. The molecule has 2 aromatic rings. The predicted molar refractivity (Wildman–Crippen MR) is 86.8 cm³/mol.